The summed E-state index contributed by atoms with van der Waals surface area (Å²) in [7, 11) is 4.11. The Morgan fingerprint density at radius 3 is 2.23 bits per heavy atom. The minimum atomic E-state index is -1.28. The highest BCUT2D eigenvalue weighted by Gasteiger charge is 2.53. The summed E-state index contributed by atoms with van der Waals surface area (Å²) in [4.78, 5) is 30.4. The second kappa shape index (κ2) is 9.64. The highest BCUT2D eigenvalue weighted by atomic mass is 79.9. The molecule has 1 aromatic carbocycles. The number of esters is 2. The molecule has 1 atom stereocenters. The molecule has 7 nitrogen and oxygen atoms in total. The molecular weight excluding hydrogens is 454 g/mol. The summed E-state index contributed by atoms with van der Waals surface area (Å²) < 4.78 is 21.6. The van der Waals surface area contributed by atoms with Crippen molar-refractivity contribution in [2.45, 2.75) is 43.7 Å². The van der Waals surface area contributed by atoms with E-state index in [1.54, 1.807) is 31.4 Å². The van der Waals surface area contributed by atoms with Gasteiger partial charge in [-0.1, -0.05) is 47.3 Å². The first kappa shape index (κ1) is 22.3. The second-order valence-electron chi connectivity index (χ2n) is 7.25. The van der Waals surface area contributed by atoms with E-state index in [9.17, 15) is 9.59 Å². The lowest BCUT2D eigenvalue weighted by molar-refractivity contribution is -0.139. The van der Waals surface area contributed by atoms with Gasteiger partial charge in [-0.25, -0.2) is 14.6 Å². The summed E-state index contributed by atoms with van der Waals surface area (Å²) in [5.74, 6) is -0.556. The van der Waals surface area contributed by atoms with E-state index < -0.39 is 17.5 Å². The van der Waals surface area contributed by atoms with Gasteiger partial charge in [-0.05, 0) is 25.0 Å². The SMILES string of the molecule is COC(=O)C1=C(C(=O)OC)C(CBr)(c2ccc(OC)cc2)OC1=NC1CCCCC1. The van der Waals surface area contributed by atoms with Gasteiger partial charge in [0.25, 0.3) is 0 Å². The lowest BCUT2D eigenvalue weighted by Gasteiger charge is -2.29. The molecule has 0 saturated heterocycles. The first-order valence-electron chi connectivity index (χ1n) is 9.89. The summed E-state index contributed by atoms with van der Waals surface area (Å²) in [6.45, 7) is 0. The van der Waals surface area contributed by atoms with Crippen molar-refractivity contribution >= 4 is 33.8 Å². The lowest BCUT2D eigenvalue weighted by Crippen LogP contribution is -2.35. The van der Waals surface area contributed by atoms with Crippen LogP contribution in [0.1, 0.15) is 37.7 Å². The van der Waals surface area contributed by atoms with Crippen LogP contribution in [0.5, 0.6) is 5.75 Å². The number of hydrogen-bond acceptors (Lipinski definition) is 7. The van der Waals surface area contributed by atoms with Crippen molar-refractivity contribution < 1.29 is 28.5 Å². The molecule has 8 heteroatoms. The topological polar surface area (TPSA) is 83.4 Å². The van der Waals surface area contributed by atoms with Crippen LogP contribution in [0.3, 0.4) is 0 Å². The second-order valence-corrected chi connectivity index (χ2v) is 7.81. The Balaban J connectivity index is 2.19. The first-order valence-corrected chi connectivity index (χ1v) is 11.0. The predicted molar refractivity (Wildman–Crippen MR) is 115 cm³/mol. The number of nitrogens with zero attached hydrogens (tertiary/aromatic N) is 1. The number of methoxy groups -OCH3 is 3. The molecule has 0 spiro atoms. The fraction of sp³-hybridized carbons (Fsp3) is 0.500. The van der Waals surface area contributed by atoms with Gasteiger partial charge in [0.15, 0.2) is 5.60 Å². The molecule has 3 rings (SSSR count). The largest absolute Gasteiger partial charge is 0.497 e. The average Bonchev–Trinajstić information content (AvgIpc) is 3.13. The molecule has 1 saturated carbocycles. The molecule has 0 radical (unpaired) electrons. The fourth-order valence-electron chi connectivity index (χ4n) is 3.94. The molecule has 0 N–H and O–H groups in total. The minimum Gasteiger partial charge on any atom is -0.497 e. The molecule has 1 heterocycles. The van der Waals surface area contributed by atoms with Crippen LogP contribution in [0.25, 0.3) is 0 Å². The van der Waals surface area contributed by atoms with Gasteiger partial charge < -0.3 is 18.9 Å². The summed E-state index contributed by atoms with van der Waals surface area (Å²) in [5.41, 5.74) is -0.523. The molecule has 0 bridgehead atoms. The van der Waals surface area contributed by atoms with Crippen molar-refractivity contribution in [1.82, 2.24) is 0 Å². The van der Waals surface area contributed by atoms with Gasteiger partial charge in [-0.15, -0.1) is 0 Å². The Hall–Kier alpha value is -2.35. The van der Waals surface area contributed by atoms with Gasteiger partial charge in [-0.2, -0.15) is 0 Å². The Labute approximate surface area is 184 Å². The quantitative estimate of drug-likeness (QED) is 0.456. The molecule has 30 heavy (non-hydrogen) atoms. The van der Waals surface area contributed by atoms with Crippen LogP contribution in [0.15, 0.2) is 40.4 Å². The molecule has 2 aliphatic rings. The maximum atomic E-state index is 12.9. The highest BCUT2D eigenvalue weighted by Crippen LogP contribution is 2.45. The summed E-state index contributed by atoms with van der Waals surface area (Å²) in [5, 5.41) is 0.209. The van der Waals surface area contributed by atoms with Crippen molar-refractivity contribution in [3.63, 3.8) is 0 Å². The van der Waals surface area contributed by atoms with Gasteiger partial charge >= 0.3 is 11.9 Å². The number of carbonyl (C=O) groups excluding carboxylic acids is 2. The van der Waals surface area contributed by atoms with E-state index >= 15 is 0 Å². The van der Waals surface area contributed by atoms with Crippen LogP contribution in [0, 0.1) is 0 Å². The van der Waals surface area contributed by atoms with Crippen molar-refractivity contribution in [2.75, 3.05) is 26.7 Å². The Morgan fingerprint density at radius 1 is 1.07 bits per heavy atom. The number of carbonyl (C=O) groups is 2. The number of benzene rings is 1. The number of rotatable bonds is 6. The average molecular weight is 480 g/mol. The van der Waals surface area contributed by atoms with E-state index in [-0.39, 0.29) is 28.4 Å². The third-order valence-electron chi connectivity index (χ3n) is 5.54. The van der Waals surface area contributed by atoms with Crippen molar-refractivity contribution in [3.8, 4) is 5.75 Å². The summed E-state index contributed by atoms with van der Waals surface area (Å²) >= 11 is 3.49. The zero-order valence-electron chi connectivity index (χ0n) is 17.4. The van der Waals surface area contributed by atoms with E-state index in [1.165, 1.54) is 20.6 Å². The molecule has 1 aliphatic heterocycles. The standard InChI is InChI=1S/C22H26BrNO6/c1-27-16-11-9-14(10-12-16)22(13-23)18(21(26)29-3)17(20(25)28-2)19(30-22)24-15-7-5-4-6-8-15/h9-12,15H,4-8,13H2,1-3H3. The highest BCUT2D eigenvalue weighted by molar-refractivity contribution is 9.09. The van der Waals surface area contributed by atoms with E-state index in [2.05, 4.69) is 15.9 Å². The summed E-state index contributed by atoms with van der Waals surface area (Å²) in [6, 6.07) is 7.16. The Bertz CT molecular complexity index is 857. The van der Waals surface area contributed by atoms with Crippen LogP contribution in [0.2, 0.25) is 0 Å². The van der Waals surface area contributed by atoms with E-state index in [0.29, 0.717) is 11.3 Å². The van der Waals surface area contributed by atoms with E-state index in [0.717, 1.165) is 25.7 Å². The summed E-state index contributed by atoms with van der Waals surface area (Å²) in [6.07, 6.45) is 5.15. The minimum absolute atomic E-state index is 0.0187. The van der Waals surface area contributed by atoms with Gasteiger partial charge in [0.1, 0.15) is 16.9 Å². The fourth-order valence-corrected chi connectivity index (χ4v) is 4.66. The Kier molecular flexibility index (Phi) is 7.18. The lowest BCUT2D eigenvalue weighted by atomic mass is 9.86. The maximum absolute atomic E-state index is 12.9. The van der Waals surface area contributed by atoms with Gasteiger partial charge in [0.2, 0.25) is 5.90 Å². The van der Waals surface area contributed by atoms with Crippen LogP contribution in [-0.2, 0) is 29.4 Å². The number of hydrogen-bond donors (Lipinski definition) is 0. The zero-order chi connectivity index (χ0) is 21.7. The van der Waals surface area contributed by atoms with Crippen molar-refractivity contribution in [2.24, 2.45) is 4.99 Å². The van der Waals surface area contributed by atoms with Crippen molar-refractivity contribution in [1.29, 1.82) is 0 Å². The van der Waals surface area contributed by atoms with Crippen LogP contribution >= 0.6 is 15.9 Å². The number of aliphatic imine (C=N–C) groups is 1. The van der Waals surface area contributed by atoms with Gasteiger partial charge in [-0.3, -0.25) is 0 Å². The van der Waals surface area contributed by atoms with Crippen molar-refractivity contribution in [3.05, 3.63) is 41.0 Å². The number of alkyl halides is 1. The number of ether oxygens (including phenoxy) is 4. The molecule has 1 unspecified atom stereocenters. The molecular formula is C22H26BrNO6. The maximum Gasteiger partial charge on any atom is 0.344 e. The first-order chi connectivity index (χ1) is 14.5. The molecule has 0 amide bonds. The third-order valence-corrected chi connectivity index (χ3v) is 6.33. The predicted octanol–water partition coefficient (Wildman–Crippen LogP) is 3.69. The van der Waals surface area contributed by atoms with E-state index in [4.69, 9.17) is 23.9 Å². The van der Waals surface area contributed by atoms with Crippen LogP contribution in [-0.4, -0.2) is 50.5 Å². The van der Waals surface area contributed by atoms with Crippen LogP contribution < -0.4 is 4.74 Å². The Morgan fingerprint density at radius 2 is 1.70 bits per heavy atom. The molecule has 1 fully saturated rings. The van der Waals surface area contributed by atoms with Crippen LogP contribution in [0.4, 0.5) is 0 Å². The third kappa shape index (κ3) is 4.10. The van der Waals surface area contributed by atoms with Gasteiger partial charge in [0.05, 0.1) is 32.7 Å². The smallest absolute Gasteiger partial charge is 0.344 e. The monoisotopic (exact) mass is 479 g/mol. The van der Waals surface area contributed by atoms with E-state index in [1.807, 2.05) is 0 Å². The normalized spacial score (nSPS) is 23.3. The number of halogens is 1. The molecule has 1 aromatic rings. The van der Waals surface area contributed by atoms with Gasteiger partial charge in [0, 0.05) is 5.56 Å². The molecule has 0 aromatic heterocycles. The molecule has 1 aliphatic carbocycles. The molecule has 162 valence electrons. The zero-order valence-corrected chi connectivity index (χ0v) is 19.0.